The molecule has 2 rings (SSSR count). The highest BCUT2D eigenvalue weighted by Gasteiger charge is 2.48. The number of ether oxygens (including phenoxy) is 1. The van der Waals surface area contributed by atoms with Crippen LogP contribution in [0.1, 0.15) is 38.8 Å². The fraction of sp³-hybridized carbons (Fsp3) is 0.444. The third kappa shape index (κ3) is 4.18. The highest BCUT2D eigenvalue weighted by atomic mass is 35.5. The van der Waals surface area contributed by atoms with Gasteiger partial charge < -0.3 is 4.74 Å². The van der Waals surface area contributed by atoms with Gasteiger partial charge in [-0.2, -0.15) is 0 Å². The van der Waals surface area contributed by atoms with Crippen LogP contribution in [0.15, 0.2) is 24.0 Å². The number of hydrogen-bond acceptors (Lipinski definition) is 5. The fourth-order valence-corrected chi connectivity index (χ4v) is 4.68. The summed E-state index contributed by atoms with van der Waals surface area (Å²) in [5, 5.41) is 0.540. The van der Waals surface area contributed by atoms with E-state index in [4.69, 9.17) is 28.6 Å². The SMILES string of the molecule is CCSC(=S)OC1=C(c2ccc(C)cc2Cl)C(=O)N(SCC)C1(C)C. The lowest BCUT2D eigenvalue weighted by Crippen LogP contribution is -2.39. The van der Waals surface area contributed by atoms with Crippen molar-refractivity contribution in [1.82, 2.24) is 4.31 Å². The molecule has 1 aliphatic heterocycles. The molecular weight excluding hydrogens is 394 g/mol. The number of benzene rings is 1. The molecule has 0 N–H and O–H groups in total. The molecular formula is C18H22ClNO2S3. The van der Waals surface area contributed by atoms with Gasteiger partial charge in [0.05, 0.1) is 5.57 Å². The maximum Gasteiger partial charge on any atom is 0.268 e. The van der Waals surface area contributed by atoms with Gasteiger partial charge in [0.1, 0.15) is 11.3 Å². The van der Waals surface area contributed by atoms with Gasteiger partial charge in [0.15, 0.2) is 0 Å². The van der Waals surface area contributed by atoms with Gasteiger partial charge in [0.25, 0.3) is 5.91 Å². The van der Waals surface area contributed by atoms with Crippen LogP contribution in [-0.4, -0.2) is 31.6 Å². The van der Waals surface area contributed by atoms with Gasteiger partial charge in [-0.05, 0) is 62.3 Å². The van der Waals surface area contributed by atoms with E-state index >= 15 is 0 Å². The maximum absolute atomic E-state index is 13.2. The molecule has 1 aliphatic rings. The smallest absolute Gasteiger partial charge is 0.268 e. The van der Waals surface area contributed by atoms with Gasteiger partial charge in [-0.15, -0.1) is 0 Å². The third-order valence-corrected chi connectivity index (χ3v) is 6.28. The van der Waals surface area contributed by atoms with Gasteiger partial charge in [-0.1, -0.05) is 49.3 Å². The monoisotopic (exact) mass is 415 g/mol. The molecule has 0 fully saturated rings. The predicted molar refractivity (Wildman–Crippen MR) is 114 cm³/mol. The van der Waals surface area contributed by atoms with Gasteiger partial charge in [-0.3, -0.25) is 9.10 Å². The zero-order valence-electron chi connectivity index (χ0n) is 15.0. The van der Waals surface area contributed by atoms with E-state index < -0.39 is 5.54 Å². The van der Waals surface area contributed by atoms with E-state index in [2.05, 4.69) is 0 Å². The van der Waals surface area contributed by atoms with Crippen molar-refractivity contribution in [2.45, 2.75) is 40.2 Å². The Labute approximate surface area is 168 Å². The van der Waals surface area contributed by atoms with Crippen molar-refractivity contribution in [3.05, 3.63) is 40.1 Å². The summed E-state index contributed by atoms with van der Waals surface area (Å²) in [7, 11) is 0. The molecule has 1 heterocycles. The van der Waals surface area contributed by atoms with Crippen molar-refractivity contribution in [2.75, 3.05) is 11.5 Å². The number of rotatable bonds is 5. The van der Waals surface area contributed by atoms with Crippen LogP contribution in [0.5, 0.6) is 0 Å². The Morgan fingerprint density at radius 3 is 2.56 bits per heavy atom. The van der Waals surface area contributed by atoms with E-state index in [0.29, 0.717) is 26.3 Å². The first kappa shape index (κ1) is 20.6. The van der Waals surface area contributed by atoms with E-state index in [9.17, 15) is 4.79 Å². The molecule has 0 unspecified atom stereocenters. The predicted octanol–water partition coefficient (Wildman–Crippen LogP) is 5.70. The average Bonchev–Trinajstić information content (AvgIpc) is 2.69. The van der Waals surface area contributed by atoms with Crippen molar-refractivity contribution >= 4 is 63.4 Å². The van der Waals surface area contributed by atoms with E-state index in [0.717, 1.165) is 17.1 Å². The molecule has 0 radical (unpaired) electrons. The Balaban J connectivity index is 2.61. The summed E-state index contributed by atoms with van der Waals surface area (Å²) in [6.45, 7) is 9.93. The molecule has 0 aromatic heterocycles. The molecule has 7 heteroatoms. The van der Waals surface area contributed by atoms with Gasteiger partial charge in [0.2, 0.25) is 4.38 Å². The Hall–Kier alpha value is -0.690. The second kappa shape index (κ2) is 8.33. The van der Waals surface area contributed by atoms with Crippen LogP contribution in [0.2, 0.25) is 5.02 Å². The van der Waals surface area contributed by atoms with Crippen LogP contribution < -0.4 is 0 Å². The van der Waals surface area contributed by atoms with Crippen molar-refractivity contribution < 1.29 is 9.53 Å². The molecule has 3 nitrogen and oxygen atoms in total. The van der Waals surface area contributed by atoms with Gasteiger partial charge >= 0.3 is 0 Å². The zero-order chi connectivity index (χ0) is 18.8. The summed E-state index contributed by atoms with van der Waals surface area (Å²) in [5.41, 5.74) is 1.61. The molecule has 0 atom stereocenters. The first-order valence-corrected chi connectivity index (χ1v) is 10.8. The van der Waals surface area contributed by atoms with Crippen molar-refractivity contribution in [3.8, 4) is 0 Å². The lowest BCUT2D eigenvalue weighted by Gasteiger charge is -2.32. The highest BCUT2D eigenvalue weighted by molar-refractivity contribution is 8.22. The molecule has 1 aromatic carbocycles. The Morgan fingerprint density at radius 2 is 2.00 bits per heavy atom. The fourth-order valence-electron chi connectivity index (χ4n) is 2.67. The number of amides is 1. The Bertz CT molecular complexity index is 731. The molecule has 0 saturated heterocycles. The van der Waals surface area contributed by atoms with Crippen LogP contribution in [0, 0.1) is 6.92 Å². The van der Waals surface area contributed by atoms with E-state index in [-0.39, 0.29) is 5.91 Å². The molecule has 25 heavy (non-hydrogen) atoms. The summed E-state index contributed by atoms with van der Waals surface area (Å²) in [5.74, 6) is 2.07. The number of carbonyl (C=O) groups excluding carboxylic acids is 1. The molecule has 0 aliphatic carbocycles. The zero-order valence-corrected chi connectivity index (χ0v) is 18.2. The van der Waals surface area contributed by atoms with Gasteiger partial charge in [0, 0.05) is 16.3 Å². The van der Waals surface area contributed by atoms with E-state index in [1.165, 1.54) is 23.7 Å². The quantitative estimate of drug-likeness (QED) is 0.454. The first-order valence-electron chi connectivity index (χ1n) is 8.07. The van der Waals surface area contributed by atoms with Crippen LogP contribution in [0.4, 0.5) is 0 Å². The van der Waals surface area contributed by atoms with Crippen molar-refractivity contribution in [2.24, 2.45) is 0 Å². The summed E-state index contributed by atoms with van der Waals surface area (Å²) < 4.78 is 8.18. The molecule has 1 amide bonds. The number of halogens is 1. The maximum atomic E-state index is 13.2. The largest absolute Gasteiger partial charge is 0.441 e. The molecule has 136 valence electrons. The Kier molecular flexibility index (Phi) is 6.87. The second-order valence-electron chi connectivity index (χ2n) is 6.05. The minimum Gasteiger partial charge on any atom is -0.441 e. The summed E-state index contributed by atoms with van der Waals surface area (Å²) >= 11 is 14.7. The topological polar surface area (TPSA) is 29.5 Å². The van der Waals surface area contributed by atoms with E-state index in [1.54, 1.807) is 4.31 Å². The lowest BCUT2D eigenvalue weighted by molar-refractivity contribution is -0.121. The molecule has 0 spiro atoms. The van der Waals surface area contributed by atoms with Crippen molar-refractivity contribution in [3.63, 3.8) is 0 Å². The van der Waals surface area contributed by atoms with Crippen LogP contribution in [0.25, 0.3) is 5.57 Å². The van der Waals surface area contributed by atoms with Gasteiger partial charge in [-0.25, -0.2) is 0 Å². The average molecular weight is 416 g/mol. The number of aryl methyl sites for hydroxylation is 1. The summed E-state index contributed by atoms with van der Waals surface area (Å²) in [4.78, 5) is 13.2. The Morgan fingerprint density at radius 1 is 1.32 bits per heavy atom. The number of thiocarbonyl (C=S) groups is 1. The number of nitrogens with zero attached hydrogens (tertiary/aromatic N) is 1. The standard InChI is InChI=1S/C18H22ClNO2S3/c1-6-24-17(23)22-15-14(12-9-8-11(3)10-13(12)19)16(21)20(25-7-2)18(15,4)5/h8-10H,6-7H2,1-5H3. The number of thioether (sulfide) groups is 1. The number of hydrogen-bond donors (Lipinski definition) is 0. The van der Waals surface area contributed by atoms with E-state index in [1.807, 2.05) is 52.8 Å². The second-order valence-corrected chi connectivity index (χ2v) is 9.52. The molecule has 0 bridgehead atoms. The van der Waals surface area contributed by atoms with Crippen LogP contribution in [0.3, 0.4) is 0 Å². The molecule has 0 saturated carbocycles. The lowest BCUT2D eigenvalue weighted by atomic mass is 9.98. The third-order valence-electron chi connectivity index (χ3n) is 3.79. The van der Waals surface area contributed by atoms with Crippen LogP contribution >= 0.6 is 47.5 Å². The molecule has 1 aromatic rings. The summed E-state index contributed by atoms with van der Waals surface area (Å²) in [6.07, 6.45) is 0. The van der Waals surface area contributed by atoms with Crippen molar-refractivity contribution in [1.29, 1.82) is 0 Å². The highest BCUT2D eigenvalue weighted by Crippen LogP contribution is 2.46. The first-order chi connectivity index (χ1) is 11.7. The minimum atomic E-state index is -0.611. The summed E-state index contributed by atoms with van der Waals surface area (Å²) in [6, 6.07) is 5.68. The van der Waals surface area contributed by atoms with Crippen LogP contribution in [-0.2, 0) is 9.53 Å². The minimum absolute atomic E-state index is 0.0955. The number of carbonyl (C=O) groups is 1. The normalized spacial score (nSPS) is 16.6.